The Labute approximate surface area is 181 Å². The SMILES string of the molecule is CCc1cc2c(s1)CCOC21CCN(C/C(N)=C/N(N)Cc2ccc(=O)[nH]c2)CC1. The number of aromatic amines is 1. The van der Waals surface area contributed by atoms with E-state index in [9.17, 15) is 4.79 Å². The smallest absolute Gasteiger partial charge is 0.247 e. The standard InChI is InChI=1S/C22H31N5O2S/c1-2-18-11-19-20(30-18)5-10-29-22(19)6-8-26(9-7-22)14-17(23)15-27(24)13-16-3-4-21(28)25-12-16/h3-4,11-12,15H,2,5-10,13-14,23-24H2,1H3,(H,25,28)/b17-15-. The number of H-pyrrole nitrogens is 1. The molecule has 0 aliphatic carbocycles. The number of nitrogens with zero attached hydrogens (tertiary/aromatic N) is 2. The predicted molar refractivity (Wildman–Crippen MR) is 120 cm³/mol. The van der Waals surface area contributed by atoms with Gasteiger partial charge in [0.25, 0.3) is 0 Å². The number of hydrogen-bond donors (Lipinski definition) is 3. The number of rotatable bonds is 6. The molecule has 30 heavy (non-hydrogen) atoms. The number of aromatic nitrogens is 1. The molecule has 1 fully saturated rings. The number of nitrogens with one attached hydrogen (secondary N) is 1. The summed E-state index contributed by atoms with van der Waals surface area (Å²) in [5, 5.41) is 1.56. The Morgan fingerprint density at radius 1 is 1.40 bits per heavy atom. The highest BCUT2D eigenvalue weighted by molar-refractivity contribution is 7.12. The van der Waals surface area contributed by atoms with E-state index in [0.717, 1.165) is 56.6 Å². The summed E-state index contributed by atoms with van der Waals surface area (Å²) in [5.74, 6) is 6.08. The monoisotopic (exact) mass is 429 g/mol. The number of hydrogen-bond acceptors (Lipinski definition) is 7. The van der Waals surface area contributed by atoms with Crippen molar-refractivity contribution < 1.29 is 4.74 Å². The van der Waals surface area contributed by atoms with Crippen molar-refractivity contribution in [3.8, 4) is 0 Å². The maximum absolute atomic E-state index is 11.2. The zero-order valence-corrected chi connectivity index (χ0v) is 18.3. The van der Waals surface area contributed by atoms with Crippen LogP contribution in [0.2, 0.25) is 0 Å². The van der Waals surface area contributed by atoms with Crippen LogP contribution >= 0.6 is 11.3 Å². The molecule has 2 aliphatic heterocycles. The van der Waals surface area contributed by atoms with Gasteiger partial charge in [0, 0.05) is 60.0 Å². The summed E-state index contributed by atoms with van der Waals surface area (Å²) in [6.07, 6.45) is 7.58. The Balaban J connectivity index is 1.33. The molecule has 2 aliphatic rings. The van der Waals surface area contributed by atoms with Gasteiger partial charge in [0.15, 0.2) is 0 Å². The fraction of sp³-hybridized carbons (Fsp3) is 0.500. The second-order valence-electron chi connectivity index (χ2n) is 8.21. The molecule has 2 aromatic rings. The third kappa shape index (κ3) is 4.62. The molecule has 0 atom stereocenters. The van der Waals surface area contributed by atoms with E-state index in [1.54, 1.807) is 23.5 Å². The van der Waals surface area contributed by atoms with Crippen LogP contribution in [-0.4, -0.2) is 41.1 Å². The Bertz CT molecular complexity index is 938. The van der Waals surface area contributed by atoms with E-state index in [4.69, 9.17) is 16.3 Å². The van der Waals surface area contributed by atoms with Crippen LogP contribution in [0, 0.1) is 0 Å². The third-order valence-electron chi connectivity index (χ3n) is 6.02. The van der Waals surface area contributed by atoms with Gasteiger partial charge in [-0.15, -0.1) is 11.3 Å². The van der Waals surface area contributed by atoms with E-state index in [2.05, 4.69) is 22.9 Å². The predicted octanol–water partition coefficient (Wildman–Crippen LogP) is 2.04. The second kappa shape index (κ2) is 8.93. The lowest BCUT2D eigenvalue weighted by atomic mass is 9.82. The second-order valence-corrected chi connectivity index (χ2v) is 9.43. The van der Waals surface area contributed by atoms with Gasteiger partial charge in [0.2, 0.25) is 5.56 Å². The van der Waals surface area contributed by atoms with Crippen LogP contribution in [-0.2, 0) is 29.7 Å². The van der Waals surface area contributed by atoms with E-state index >= 15 is 0 Å². The zero-order valence-electron chi connectivity index (χ0n) is 17.5. The average Bonchev–Trinajstić information content (AvgIpc) is 3.16. The summed E-state index contributed by atoms with van der Waals surface area (Å²) < 4.78 is 6.36. The Morgan fingerprint density at radius 2 is 2.20 bits per heavy atom. The molecule has 2 aromatic heterocycles. The van der Waals surface area contributed by atoms with Crippen LogP contribution in [0.4, 0.5) is 0 Å². The van der Waals surface area contributed by atoms with Gasteiger partial charge in [-0.25, -0.2) is 5.84 Å². The van der Waals surface area contributed by atoms with Crippen molar-refractivity contribution in [3.63, 3.8) is 0 Å². The van der Waals surface area contributed by atoms with Crippen LogP contribution in [0.15, 0.2) is 41.1 Å². The summed E-state index contributed by atoms with van der Waals surface area (Å²) in [5.41, 5.74) is 9.12. The van der Waals surface area contributed by atoms with Crippen molar-refractivity contribution in [2.45, 2.75) is 44.8 Å². The maximum Gasteiger partial charge on any atom is 0.247 e. The Kier molecular flexibility index (Phi) is 6.29. The molecule has 8 heteroatoms. The maximum atomic E-state index is 11.2. The van der Waals surface area contributed by atoms with E-state index in [0.29, 0.717) is 13.1 Å². The minimum atomic E-state index is -0.123. The van der Waals surface area contributed by atoms with Crippen molar-refractivity contribution in [3.05, 3.63) is 67.5 Å². The van der Waals surface area contributed by atoms with Gasteiger partial charge in [0.05, 0.1) is 18.8 Å². The molecule has 4 rings (SSSR count). The molecular formula is C22H31N5O2S. The van der Waals surface area contributed by atoms with Crippen LogP contribution in [0.5, 0.6) is 0 Å². The lowest BCUT2D eigenvalue weighted by Gasteiger charge is -2.44. The van der Waals surface area contributed by atoms with Gasteiger partial charge in [-0.2, -0.15) is 0 Å². The molecule has 7 nitrogen and oxygen atoms in total. The quantitative estimate of drug-likeness (QED) is 0.480. The van der Waals surface area contributed by atoms with Crippen LogP contribution in [0.3, 0.4) is 0 Å². The molecule has 0 aromatic carbocycles. The van der Waals surface area contributed by atoms with Crippen molar-refractivity contribution in [2.75, 3.05) is 26.2 Å². The third-order valence-corrected chi connectivity index (χ3v) is 7.36. The molecule has 0 saturated carbocycles. The molecule has 162 valence electrons. The lowest BCUT2D eigenvalue weighted by molar-refractivity contribution is -0.0961. The number of pyridine rings is 1. The van der Waals surface area contributed by atoms with E-state index in [-0.39, 0.29) is 11.2 Å². The number of piperidine rings is 1. The van der Waals surface area contributed by atoms with Crippen molar-refractivity contribution in [1.29, 1.82) is 0 Å². The number of aryl methyl sites for hydroxylation is 1. The van der Waals surface area contributed by atoms with Crippen molar-refractivity contribution in [2.24, 2.45) is 11.6 Å². The fourth-order valence-electron chi connectivity index (χ4n) is 4.44. The minimum Gasteiger partial charge on any atom is -0.400 e. The largest absolute Gasteiger partial charge is 0.400 e. The van der Waals surface area contributed by atoms with E-state index in [1.165, 1.54) is 21.4 Å². The van der Waals surface area contributed by atoms with Gasteiger partial charge >= 0.3 is 0 Å². The highest BCUT2D eigenvalue weighted by Crippen LogP contribution is 2.44. The molecule has 4 heterocycles. The number of thiophene rings is 1. The fourth-order valence-corrected chi connectivity index (χ4v) is 5.62. The number of likely N-dealkylation sites (tertiary alicyclic amines) is 1. The molecule has 1 saturated heterocycles. The van der Waals surface area contributed by atoms with Gasteiger partial charge in [-0.05, 0) is 36.5 Å². The summed E-state index contributed by atoms with van der Waals surface area (Å²) in [6.45, 7) is 6.12. The highest BCUT2D eigenvalue weighted by atomic mass is 32.1. The van der Waals surface area contributed by atoms with Crippen LogP contribution in [0.1, 0.15) is 40.6 Å². The molecule has 0 bridgehead atoms. The lowest BCUT2D eigenvalue weighted by Crippen LogP contribution is -2.47. The minimum absolute atomic E-state index is 0.114. The molecule has 0 unspecified atom stereocenters. The first kappa shape index (κ1) is 21.1. The number of nitrogens with two attached hydrogens (primary N) is 2. The van der Waals surface area contributed by atoms with Gasteiger partial charge in [-0.3, -0.25) is 9.69 Å². The number of ether oxygens (including phenoxy) is 1. The molecule has 1 spiro atoms. The summed E-state index contributed by atoms with van der Waals surface area (Å²) in [6, 6.07) is 5.64. The van der Waals surface area contributed by atoms with Crippen LogP contribution in [0.25, 0.3) is 0 Å². The van der Waals surface area contributed by atoms with E-state index in [1.807, 2.05) is 11.3 Å². The Morgan fingerprint density at radius 3 is 2.90 bits per heavy atom. The normalized spacial score (nSPS) is 19.1. The summed E-state index contributed by atoms with van der Waals surface area (Å²) in [7, 11) is 0. The summed E-state index contributed by atoms with van der Waals surface area (Å²) >= 11 is 1.96. The van der Waals surface area contributed by atoms with E-state index < -0.39 is 0 Å². The molecular weight excluding hydrogens is 398 g/mol. The highest BCUT2D eigenvalue weighted by Gasteiger charge is 2.41. The van der Waals surface area contributed by atoms with Crippen molar-refractivity contribution >= 4 is 11.3 Å². The Hall–Kier alpha value is -2.13. The molecule has 0 radical (unpaired) electrons. The van der Waals surface area contributed by atoms with Gasteiger partial charge in [0.1, 0.15) is 0 Å². The zero-order chi connectivity index (χ0) is 21.1. The summed E-state index contributed by atoms with van der Waals surface area (Å²) in [4.78, 5) is 19.2. The number of fused-ring (bicyclic) bond motifs is 2. The topological polar surface area (TPSA) is 101 Å². The first-order valence-corrected chi connectivity index (χ1v) is 11.4. The molecule has 0 amide bonds. The first-order chi connectivity index (χ1) is 14.5. The van der Waals surface area contributed by atoms with Gasteiger partial charge < -0.3 is 20.5 Å². The average molecular weight is 430 g/mol. The van der Waals surface area contributed by atoms with Gasteiger partial charge in [-0.1, -0.05) is 13.0 Å². The van der Waals surface area contributed by atoms with Crippen LogP contribution < -0.4 is 17.1 Å². The molecule has 5 N–H and O–H groups in total. The number of hydrazine groups is 1. The van der Waals surface area contributed by atoms with Crippen molar-refractivity contribution in [1.82, 2.24) is 14.9 Å². The first-order valence-electron chi connectivity index (χ1n) is 10.6.